The number of carbonyl (C=O) groups is 3. The van der Waals surface area contributed by atoms with Crippen molar-refractivity contribution in [2.45, 2.75) is 31.0 Å². The number of aromatic nitrogens is 2. The number of nitrogens with one attached hydrogen (secondary N) is 2. The van der Waals surface area contributed by atoms with Gasteiger partial charge in [0.15, 0.2) is 5.78 Å². The van der Waals surface area contributed by atoms with E-state index >= 15 is 0 Å². The third-order valence-electron chi connectivity index (χ3n) is 4.15. The van der Waals surface area contributed by atoms with Crippen LogP contribution in [0.2, 0.25) is 0 Å². The minimum Gasteiger partial charge on any atom is -0.416 e. The van der Waals surface area contributed by atoms with Crippen LogP contribution in [0, 0.1) is 11.7 Å². The maximum absolute atomic E-state index is 12.9. The molecule has 1 aromatic heterocycles. The average Bonchev–Trinajstić information content (AvgIpc) is 3.07. The van der Waals surface area contributed by atoms with Crippen LogP contribution < -0.4 is 10.6 Å². The number of rotatable bonds is 7. The van der Waals surface area contributed by atoms with Crippen molar-refractivity contribution in [3.8, 4) is 0 Å². The topological polar surface area (TPSA) is 114 Å². The number of hydrogen-bond donors (Lipinski definition) is 2. The van der Waals surface area contributed by atoms with Gasteiger partial charge in [0.1, 0.15) is 5.82 Å². The van der Waals surface area contributed by atoms with Gasteiger partial charge in [-0.15, -0.1) is 10.2 Å². The summed E-state index contributed by atoms with van der Waals surface area (Å²) >= 11 is 1.09. The van der Waals surface area contributed by atoms with Gasteiger partial charge in [0.2, 0.25) is 11.8 Å². The molecule has 1 saturated heterocycles. The third kappa shape index (κ3) is 4.91. The number of amides is 3. The molecule has 3 rings (SSSR count). The van der Waals surface area contributed by atoms with Crippen LogP contribution in [0.3, 0.4) is 0 Å². The number of carbonyl (C=O) groups excluding carboxylic acids is 3. The molecule has 2 heterocycles. The fourth-order valence-electron chi connectivity index (χ4n) is 2.68. The zero-order valence-electron chi connectivity index (χ0n) is 14.4. The zero-order chi connectivity index (χ0) is 19.4. The molecule has 0 bridgehead atoms. The van der Waals surface area contributed by atoms with Gasteiger partial charge >= 0.3 is 6.03 Å². The average molecular weight is 392 g/mol. The number of urea groups is 1. The molecule has 0 radical (unpaired) electrons. The highest BCUT2D eigenvalue weighted by atomic mass is 32.2. The number of ketones is 1. The maximum atomic E-state index is 12.9. The number of halogens is 1. The van der Waals surface area contributed by atoms with Gasteiger partial charge in [-0.2, -0.15) is 0 Å². The highest BCUT2D eigenvalue weighted by Gasteiger charge is 2.32. The van der Waals surface area contributed by atoms with Gasteiger partial charge in [-0.25, -0.2) is 9.18 Å². The second-order valence-electron chi connectivity index (χ2n) is 6.08. The molecule has 10 heteroatoms. The highest BCUT2D eigenvalue weighted by molar-refractivity contribution is 7.99. The van der Waals surface area contributed by atoms with Crippen molar-refractivity contribution < 1.29 is 23.2 Å². The van der Waals surface area contributed by atoms with E-state index in [9.17, 15) is 18.8 Å². The fourth-order valence-corrected chi connectivity index (χ4v) is 3.35. The summed E-state index contributed by atoms with van der Waals surface area (Å²) in [4.78, 5) is 35.1. The van der Waals surface area contributed by atoms with Crippen molar-refractivity contribution in [3.63, 3.8) is 0 Å². The Balaban J connectivity index is 1.50. The molecule has 0 saturated carbocycles. The number of thioether (sulfide) groups is 1. The van der Waals surface area contributed by atoms with Crippen molar-refractivity contribution in [1.29, 1.82) is 0 Å². The molecule has 1 fully saturated rings. The zero-order valence-corrected chi connectivity index (χ0v) is 15.2. The molecule has 142 valence electrons. The summed E-state index contributed by atoms with van der Waals surface area (Å²) in [6.07, 6.45) is 0.811. The Labute approximate surface area is 158 Å². The van der Waals surface area contributed by atoms with E-state index in [2.05, 4.69) is 20.8 Å². The lowest BCUT2D eigenvalue weighted by Gasteiger charge is -2.28. The monoisotopic (exact) mass is 392 g/mol. The quantitative estimate of drug-likeness (QED) is 0.547. The lowest BCUT2D eigenvalue weighted by Crippen LogP contribution is -2.57. The predicted molar refractivity (Wildman–Crippen MR) is 93.7 cm³/mol. The normalized spacial score (nSPS) is 19.5. The first-order valence-corrected chi connectivity index (χ1v) is 9.26. The number of aryl methyl sites for hydroxylation is 1. The van der Waals surface area contributed by atoms with Gasteiger partial charge in [-0.1, -0.05) is 11.8 Å². The van der Waals surface area contributed by atoms with Crippen LogP contribution in [-0.2, 0) is 11.2 Å². The van der Waals surface area contributed by atoms with Crippen molar-refractivity contribution >= 4 is 29.5 Å². The maximum Gasteiger partial charge on any atom is 0.321 e. The molecule has 8 nitrogen and oxygen atoms in total. The van der Waals surface area contributed by atoms with E-state index < -0.39 is 11.8 Å². The number of imide groups is 1. The highest BCUT2D eigenvalue weighted by Crippen LogP contribution is 2.21. The van der Waals surface area contributed by atoms with Gasteiger partial charge in [0, 0.05) is 18.0 Å². The molecule has 0 aliphatic carbocycles. The molecule has 27 heavy (non-hydrogen) atoms. The molecule has 2 atom stereocenters. The molecule has 2 N–H and O–H groups in total. The van der Waals surface area contributed by atoms with Gasteiger partial charge in [0.05, 0.1) is 11.7 Å². The SMILES string of the molecule is CC1NC(=O)NC(=O)C1CCc1nnc(SCC(=O)c2ccc(F)cc2)o1. The summed E-state index contributed by atoms with van der Waals surface area (Å²) in [6.45, 7) is 1.76. The number of nitrogens with zero attached hydrogens (tertiary/aromatic N) is 2. The van der Waals surface area contributed by atoms with Crippen LogP contribution in [0.1, 0.15) is 29.6 Å². The Morgan fingerprint density at radius 1 is 1.26 bits per heavy atom. The minimum absolute atomic E-state index is 0.0847. The first kappa shape index (κ1) is 19.0. The van der Waals surface area contributed by atoms with E-state index in [0.717, 1.165) is 11.8 Å². The van der Waals surface area contributed by atoms with Crippen LogP contribution in [-0.4, -0.2) is 39.7 Å². The standard InChI is InChI=1S/C17H17FN4O4S/c1-9-12(15(24)20-16(25)19-9)6-7-14-21-22-17(26-14)27-8-13(23)10-2-4-11(18)5-3-10/h2-5,9,12H,6-8H2,1H3,(H2,19,20,24,25). The van der Waals surface area contributed by atoms with E-state index in [1.807, 2.05) is 0 Å². The summed E-state index contributed by atoms with van der Waals surface area (Å²) < 4.78 is 18.4. The van der Waals surface area contributed by atoms with Crippen molar-refractivity contribution in [3.05, 3.63) is 41.5 Å². The van der Waals surface area contributed by atoms with Crippen LogP contribution in [0.5, 0.6) is 0 Å². The lowest BCUT2D eigenvalue weighted by atomic mass is 9.93. The van der Waals surface area contributed by atoms with E-state index in [0.29, 0.717) is 24.3 Å². The number of benzene rings is 1. The summed E-state index contributed by atoms with van der Waals surface area (Å²) in [5.41, 5.74) is 0.406. The Hall–Kier alpha value is -2.75. The molecule has 1 aromatic carbocycles. The first-order chi connectivity index (χ1) is 12.9. The molecule has 2 aromatic rings. The summed E-state index contributed by atoms with van der Waals surface area (Å²) in [6, 6.07) is 4.53. The van der Waals surface area contributed by atoms with Crippen LogP contribution >= 0.6 is 11.8 Å². The van der Waals surface area contributed by atoms with Gasteiger partial charge in [-0.05, 0) is 37.6 Å². The van der Waals surface area contributed by atoms with Crippen LogP contribution in [0.25, 0.3) is 0 Å². The fraction of sp³-hybridized carbons (Fsp3) is 0.353. The second kappa shape index (κ2) is 8.30. The molecular formula is C17H17FN4O4S. The van der Waals surface area contributed by atoms with E-state index in [4.69, 9.17) is 4.42 Å². The number of Topliss-reactive ketones (excluding diaryl/α,β-unsaturated/α-hetero) is 1. The Bertz CT molecular complexity index is 855. The molecule has 2 unspecified atom stereocenters. The Morgan fingerprint density at radius 2 is 2.00 bits per heavy atom. The minimum atomic E-state index is -0.494. The van der Waals surface area contributed by atoms with Crippen LogP contribution in [0.15, 0.2) is 33.9 Å². The Morgan fingerprint density at radius 3 is 2.70 bits per heavy atom. The molecular weight excluding hydrogens is 375 g/mol. The summed E-state index contributed by atoms with van der Waals surface area (Å²) in [5, 5.41) is 12.9. The number of hydrogen-bond acceptors (Lipinski definition) is 7. The third-order valence-corrected chi connectivity index (χ3v) is 4.96. The van der Waals surface area contributed by atoms with Crippen LogP contribution in [0.4, 0.5) is 9.18 Å². The van der Waals surface area contributed by atoms with E-state index in [1.54, 1.807) is 6.92 Å². The van der Waals surface area contributed by atoms with E-state index in [1.165, 1.54) is 24.3 Å². The van der Waals surface area contributed by atoms with Crippen molar-refractivity contribution in [2.24, 2.45) is 5.92 Å². The van der Waals surface area contributed by atoms with Gasteiger partial charge in [-0.3, -0.25) is 14.9 Å². The summed E-state index contributed by atoms with van der Waals surface area (Å²) in [5.74, 6) is -0.856. The Kier molecular flexibility index (Phi) is 5.84. The molecule has 0 spiro atoms. The van der Waals surface area contributed by atoms with Crippen molar-refractivity contribution in [1.82, 2.24) is 20.8 Å². The molecule has 1 aliphatic heterocycles. The van der Waals surface area contributed by atoms with E-state index in [-0.39, 0.29) is 34.6 Å². The first-order valence-electron chi connectivity index (χ1n) is 8.27. The lowest BCUT2D eigenvalue weighted by molar-refractivity contribution is -0.125. The largest absolute Gasteiger partial charge is 0.416 e. The smallest absolute Gasteiger partial charge is 0.321 e. The van der Waals surface area contributed by atoms with Gasteiger partial charge in [0.25, 0.3) is 5.22 Å². The van der Waals surface area contributed by atoms with Gasteiger partial charge < -0.3 is 9.73 Å². The molecule has 1 aliphatic rings. The summed E-state index contributed by atoms with van der Waals surface area (Å²) in [7, 11) is 0. The second-order valence-corrected chi connectivity index (χ2v) is 7.00. The molecule has 3 amide bonds. The van der Waals surface area contributed by atoms with Crippen molar-refractivity contribution in [2.75, 3.05) is 5.75 Å². The predicted octanol–water partition coefficient (Wildman–Crippen LogP) is 1.96.